The van der Waals surface area contributed by atoms with E-state index in [0.717, 1.165) is 31.3 Å². The average Bonchev–Trinajstić information content (AvgIpc) is 2.50. The van der Waals surface area contributed by atoms with Crippen molar-refractivity contribution in [2.75, 3.05) is 13.7 Å². The fourth-order valence-electron chi connectivity index (χ4n) is 1.39. The van der Waals surface area contributed by atoms with Crippen LogP contribution in [0.3, 0.4) is 0 Å². The van der Waals surface area contributed by atoms with E-state index in [0.29, 0.717) is 6.61 Å². The maximum atomic E-state index is 5.01. The lowest BCUT2D eigenvalue weighted by Crippen LogP contribution is -2.29. The first-order valence-corrected chi connectivity index (χ1v) is 4.02. The average molecular weight is 241 g/mol. The monoisotopic (exact) mass is 240 g/mol. The number of halogens is 2. The third-order valence-electron chi connectivity index (χ3n) is 1.97. The van der Waals surface area contributed by atoms with Crippen LogP contribution < -0.4 is 5.32 Å². The Morgan fingerprint density at radius 1 is 1.43 bits per heavy atom. The highest BCUT2D eigenvalue weighted by molar-refractivity contribution is 5.85. The van der Waals surface area contributed by atoms with Crippen molar-refractivity contribution in [2.45, 2.75) is 19.7 Å². The lowest BCUT2D eigenvalue weighted by atomic mass is 10.4. The molecule has 1 aliphatic rings. The summed E-state index contributed by atoms with van der Waals surface area (Å²) in [6.07, 6.45) is 0. The van der Waals surface area contributed by atoms with E-state index in [1.54, 1.807) is 7.11 Å². The number of methoxy groups -OCH3 is 1. The van der Waals surface area contributed by atoms with Gasteiger partial charge in [0.2, 0.25) is 0 Å². The van der Waals surface area contributed by atoms with Gasteiger partial charge in [0.15, 0.2) is 5.82 Å². The molecule has 0 saturated heterocycles. The van der Waals surface area contributed by atoms with Crippen LogP contribution in [0.15, 0.2) is 0 Å². The summed E-state index contributed by atoms with van der Waals surface area (Å²) < 4.78 is 7.12. The summed E-state index contributed by atoms with van der Waals surface area (Å²) in [4.78, 5) is 0. The number of hydrogen-bond acceptors (Lipinski definition) is 4. The van der Waals surface area contributed by atoms with E-state index < -0.39 is 0 Å². The zero-order chi connectivity index (χ0) is 8.39. The van der Waals surface area contributed by atoms with E-state index in [1.807, 2.05) is 0 Å². The van der Waals surface area contributed by atoms with E-state index >= 15 is 0 Å². The van der Waals surface area contributed by atoms with E-state index in [9.17, 15) is 0 Å². The van der Waals surface area contributed by atoms with Crippen molar-refractivity contribution in [3.05, 3.63) is 11.6 Å². The lowest BCUT2D eigenvalue weighted by Gasteiger charge is -2.15. The molecule has 14 heavy (non-hydrogen) atoms. The van der Waals surface area contributed by atoms with Crippen molar-refractivity contribution in [1.82, 2.24) is 20.1 Å². The van der Waals surface area contributed by atoms with E-state index in [1.165, 1.54) is 0 Å². The van der Waals surface area contributed by atoms with Crippen molar-refractivity contribution >= 4 is 24.8 Å². The normalized spacial score (nSPS) is 13.8. The molecule has 0 amide bonds. The Hall–Kier alpha value is -0.360. The second-order valence-corrected chi connectivity index (χ2v) is 2.79. The predicted molar refractivity (Wildman–Crippen MR) is 56.9 cm³/mol. The topological polar surface area (TPSA) is 52.0 Å². The predicted octanol–water partition coefficient (Wildman–Crippen LogP) is 0.371. The highest BCUT2D eigenvalue weighted by Crippen LogP contribution is 2.05. The van der Waals surface area contributed by atoms with Gasteiger partial charge in [-0.25, -0.2) is 0 Å². The molecule has 0 aromatic carbocycles. The van der Waals surface area contributed by atoms with E-state index in [4.69, 9.17) is 4.74 Å². The summed E-state index contributed by atoms with van der Waals surface area (Å²) >= 11 is 0. The van der Waals surface area contributed by atoms with Crippen molar-refractivity contribution < 1.29 is 4.74 Å². The summed E-state index contributed by atoms with van der Waals surface area (Å²) in [5.41, 5.74) is 0. The molecule has 82 valence electrons. The molecule has 0 aliphatic carbocycles. The molecule has 1 N–H and O–H groups in total. The summed E-state index contributed by atoms with van der Waals surface area (Å²) in [6.45, 7) is 3.30. The highest BCUT2D eigenvalue weighted by Gasteiger charge is 2.14. The quantitative estimate of drug-likeness (QED) is 0.812. The molecular weight excluding hydrogens is 227 g/mol. The van der Waals surface area contributed by atoms with Gasteiger partial charge in [-0.2, -0.15) is 0 Å². The molecule has 0 fully saturated rings. The minimum absolute atomic E-state index is 0. The minimum Gasteiger partial charge on any atom is -0.377 e. The molecule has 0 bridgehead atoms. The Morgan fingerprint density at radius 2 is 2.21 bits per heavy atom. The Balaban J connectivity index is 0.000000845. The number of ether oxygens (including phenoxy) is 1. The van der Waals surface area contributed by atoms with Crippen LogP contribution >= 0.6 is 24.8 Å². The molecule has 0 saturated carbocycles. The van der Waals surface area contributed by atoms with Crippen LogP contribution in [0.5, 0.6) is 0 Å². The fraction of sp³-hybridized carbons (Fsp3) is 0.714. The number of aromatic nitrogens is 3. The van der Waals surface area contributed by atoms with Crippen LogP contribution in [0.2, 0.25) is 0 Å². The van der Waals surface area contributed by atoms with Crippen molar-refractivity contribution in [1.29, 1.82) is 0 Å². The maximum Gasteiger partial charge on any atom is 0.159 e. The van der Waals surface area contributed by atoms with E-state index in [2.05, 4.69) is 20.1 Å². The number of rotatable bonds is 2. The van der Waals surface area contributed by atoms with Crippen LogP contribution in [0.1, 0.15) is 11.6 Å². The van der Waals surface area contributed by atoms with Crippen LogP contribution in [-0.2, 0) is 24.4 Å². The minimum atomic E-state index is 0. The van der Waals surface area contributed by atoms with Gasteiger partial charge < -0.3 is 14.6 Å². The standard InChI is InChI=1S/C7H12N4O.2ClH/c1-12-5-7-10-9-6-4-8-2-3-11(6)7;;/h8H,2-5H2,1H3;2*1H. The number of nitrogens with zero attached hydrogens (tertiary/aromatic N) is 3. The van der Waals surface area contributed by atoms with Crippen LogP contribution in [0, 0.1) is 0 Å². The zero-order valence-corrected chi connectivity index (χ0v) is 9.53. The maximum absolute atomic E-state index is 5.01. The number of nitrogens with one attached hydrogen (secondary N) is 1. The second kappa shape index (κ2) is 6.19. The molecule has 0 atom stereocenters. The Labute approximate surface area is 95.0 Å². The van der Waals surface area contributed by atoms with Gasteiger partial charge in [-0.05, 0) is 0 Å². The smallest absolute Gasteiger partial charge is 0.159 e. The third-order valence-corrected chi connectivity index (χ3v) is 1.97. The van der Waals surface area contributed by atoms with Crippen LogP contribution in [0.25, 0.3) is 0 Å². The third kappa shape index (κ3) is 2.57. The van der Waals surface area contributed by atoms with Gasteiger partial charge in [0.05, 0.1) is 6.54 Å². The Morgan fingerprint density at radius 3 is 2.93 bits per heavy atom. The number of fused-ring (bicyclic) bond motifs is 1. The van der Waals surface area contributed by atoms with Gasteiger partial charge >= 0.3 is 0 Å². The van der Waals surface area contributed by atoms with Crippen molar-refractivity contribution in [2.24, 2.45) is 0 Å². The molecule has 0 spiro atoms. The van der Waals surface area contributed by atoms with Crippen molar-refractivity contribution in [3.63, 3.8) is 0 Å². The molecule has 7 heteroatoms. The van der Waals surface area contributed by atoms with Gasteiger partial charge in [-0.3, -0.25) is 0 Å². The molecule has 1 aromatic heterocycles. The van der Waals surface area contributed by atoms with Gasteiger partial charge in [0.1, 0.15) is 12.4 Å². The van der Waals surface area contributed by atoms with Gasteiger partial charge in [-0.15, -0.1) is 35.0 Å². The largest absolute Gasteiger partial charge is 0.377 e. The SMILES string of the molecule is COCc1nnc2n1CCNC2.Cl.Cl. The summed E-state index contributed by atoms with van der Waals surface area (Å²) in [7, 11) is 1.67. The lowest BCUT2D eigenvalue weighted by molar-refractivity contribution is 0.173. The molecule has 2 heterocycles. The molecule has 5 nitrogen and oxygen atoms in total. The van der Waals surface area contributed by atoms with Gasteiger partial charge in [-0.1, -0.05) is 0 Å². The molecule has 0 radical (unpaired) electrons. The Bertz CT molecular complexity index is 279. The molecule has 1 aromatic rings. The molecule has 0 unspecified atom stereocenters. The van der Waals surface area contributed by atoms with Gasteiger partial charge in [0, 0.05) is 20.2 Å². The van der Waals surface area contributed by atoms with Crippen LogP contribution in [-0.4, -0.2) is 28.4 Å². The zero-order valence-electron chi connectivity index (χ0n) is 7.89. The second-order valence-electron chi connectivity index (χ2n) is 2.79. The van der Waals surface area contributed by atoms with Crippen LogP contribution in [0.4, 0.5) is 0 Å². The molecule has 1 aliphatic heterocycles. The first kappa shape index (κ1) is 13.6. The first-order valence-electron chi connectivity index (χ1n) is 4.02. The van der Waals surface area contributed by atoms with Crippen molar-refractivity contribution in [3.8, 4) is 0 Å². The highest BCUT2D eigenvalue weighted by atomic mass is 35.5. The summed E-state index contributed by atoms with van der Waals surface area (Å²) in [5, 5.41) is 11.3. The number of hydrogen-bond donors (Lipinski definition) is 1. The molecular formula is C7H14Cl2N4O. The fourth-order valence-corrected chi connectivity index (χ4v) is 1.39. The molecule has 2 rings (SSSR count). The summed E-state index contributed by atoms with van der Waals surface area (Å²) in [6, 6.07) is 0. The van der Waals surface area contributed by atoms with Gasteiger partial charge in [0.25, 0.3) is 0 Å². The first-order chi connectivity index (χ1) is 5.92. The van der Waals surface area contributed by atoms with E-state index in [-0.39, 0.29) is 24.8 Å². The summed E-state index contributed by atoms with van der Waals surface area (Å²) in [5.74, 6) is 1.93. The Kier molecular flexibility index (Phi) is 6.03.